The number of hydrogen-bond acceptors (Lipinski definition) is 7. The quantitative estimate of drug-likeness (QED) is 0.490. The number of ether oxygens (including phenoxy) is 2. The lowest BCUT2D eigenvalue weighted by molar-refractivity contribution is -0.265. The van der Waals surface area contributed by atoms with E-state index in [0.29, 0.717) is 0 Å². The molecule has 1 aliphatic heterocycles. The predicted molar refractivity (Wildman–Crippen MR) is 74.6 cm³/mol. The molecule has 1 fully saturated rings. The van der Waals surface area contributed by atoms with Gasteiger partial charge in [-0.05, 0) is 4.57 Å². The Bertz CT molecular complexity index is 676. The van der Waals surface area contributed by atoms with Gasteiger partial charge in [0, 0.05) is 19.4 Å². The normalized spacial score (nSPS) is 32.2. The average molecular weight is 355 g/mol. The summed E-state index contributed by atoms with van der Waals surface area (Å²) >= 11 is 3.53. The minimum Gasteiger partial charge on any atom is -0.391 e. The SMILES string of the molecule is CO[C@]1(CO)O[C@@H](n2ccc(=O)[nH]c2=O)C(F)C1O[P+](=O)S. The Balaban J connectivity index is 2.45. The van der Waals surface area contributed by atoms with Crippen LogP contribution in [0.1, 0.15) is 6.23 Å². The standard InChI is InChI=1S/C10H12FN2O7PS/c1-18-10(4-14)7(20-21(17)22)6(11)8(19-10)13-3-2-5(15)12-9(13)16/h2-3,6-8,14H,4H2,1H3,(H-,12,15,16,17,22)/p+1/t6?,7?,8-,10-/m1/s1. The van der Waals surface area contributed by atoms with E-state index in [2.05, 4.69) is 12.2 Å². The van der Waals surface area contributed by atoms with E-state index in [1.165, 1.54) is 0 Å². The molecule has 3 unspecified atom stereocenters. The number of aliphatic hydroxyl groups excluding tert-OH is 1. The second-order valence-corrected chi connectivity index (χ2v) is 6.07. The highest BCUT2D eigenvalue weighted by molar-refractivity contribution is 8.39. The van der Waals surface area contributed by atoms with Crippen LogP contribution in [-0.2, 0) is 18.6 Å². The van der Waals surface area contributed by atoms with Crippen molar-refractivity contribution in [3.8, 4) is 0 Å². The fraction of sp³-hybridized carbons (Fsp3) is 0.600. The number of nitrogens with zero attached hydrogens (tertiary/aromatic N) is 1. The number of thiol groups is 1. The van der Waals surface area contributed by atoms with Gasteiger partial charge >= 0.3 is 12.9 Å². The molecule has 0 aromatic carbocycles. The van der Waals surface area contributed by atoms with Crippen molar-refractivity contribution < 1.29 is 28.1 Å². The molecule has 0 bridgehead atoms. The van der Waals surface area contributed by atoms with Gasteiger partial charge in [-0.3, -0.25) is 14.3 Å². The third-order valence-corrected chi connectivity index (χ3v) is 3.90. The van der Waals surface area contributed by atoms with E-state index < -0.39 is 49.4 Å². The third kappa shape index (κ3) is 3.00. The molecule has 5 atom stereocenters. The van der Waals surface area contributed by atoms with E-state index in [9.17, 15) is 23.7 Å². The van der Waals surface area contributed by atoms with Crippen LogP contribution >= 0.6 is 19.5 Å². The van der Waals surface area contributed by atoms with Crippen LogP contribution in [0.15, 0.2) is 21.9 Å². The van der Waals surface area contributed by atoms with Crippen LogP contribution in [0.25, 0.3) is 0 Å². The molecule has 12 heteroatoms. The first kappa shape index (κ1) is 17.3. The van der Waals surface area contributed by atoms with Crippen LogP contribution in [-0.4, -0.2) is 46.4 Å². The summed E-state index contributed by atoms with van der Waals surface area (Å²) in [6.07, 6.45) is -4.13. The smallest absolute Gasteiger partial charge is 0.391 e. The Morgan fingerprint density at radius 2 is 2.32 bits per heavy atom. The van der Waals surface area contributed by atoms with Gasteiger partial charge in [0.15, 0.2) is 12.4 Å². The Kier molecular flexibility index (Phi) is 5.15. The minimum absolute atomic E-state index is 0.666. The zero-order chi connectivity index (χ0) is 16.5. The van der Waals surface area contributed by atoms with Crippen LogP contribution < -0.4 is 11.2 Å². The van der Waals surface area contributed by atoms with Gasteiger partial charge in [-0.2, -0.15) is 0 Å². The number of halogens is 1. The molecule has 0 amide bonds. The van der Waals surface area contributed by atoms with Crippen molar-refractivity contribution in [3.63, 3.8) is 0 Å². The predicted octanol–water partition coefficient (Wildman–Crippen LogP) is -0.289. The number of aromatic nitrogens is 2. The highest BCUT2D eigenvalue weighted by Crippen LogP contribution is 2.45. The van der Waals surface area contributed by atoms with E-state index in [4.69, 9.17) is 14.0 Å². The van der Waals surface area contributed by atoms with Crippen molar-refractivity contribution in [1.29, 1.82) is 0 Å². The Hall–Kier alpha value is -1.10. The number of hydrogen-bond donors (Lipinski definition) is 3. The largest absolute Gasteiger partial charge is 0.582 e. The van der Waals surface area contributed by atoms with Crippen molar-refractivity contribution in [3.05, 3.63) is 33.1 Å². The van der Waals surface area contributed by atoms with Crippen molar-refractivity contribution in [2.45, 2.75) is 24.3 Å². The Labute approximate surface area is 129 Å². The monoisotopic (exact) mass is 355 g/mol. The van der Waals surface area contributed by atoms with Crippen molar-refractivity contribution >= 4 is 19.5 Å². The number of alkyl halides is 1. The van der Waals surface area contributed by atoms with Crippen LogP contribution in [0, 0.1) is 0 Å². The highest BCUT2D eigenvalue weighted by atomic mass is 32.7. The molecule has 122 valence electrons. The fourth-order valence-corrected chi connectivity index (χ4v) is 2.93. The molecule has 1 aromatic heterocycles. The van der Waals surface area contributed by atoms with Crippen molar-refractivity contribution in [2.75, 3.05) is 13.7 Å². The second-order valence-electron chi connectivity index (χ2n) is 4.41. The Morgan fingerprint density at radius 1 is 1.64 bits per heavy atom. The van der Waals surface area contributed by atoms with E-state index in [0.717, 1.165) is 23.9 Å². The molecule has 2 N–H and O–H groups in total. The molecule has 2 heterocycles. The van der Waals surface area contributed by atoms with Gasteiger partial charge in [-0.25, -0.2) is 9.18 Å². The Morgan fingerprint density at radius 3 is 2.82 bits per heavy atom. The van der Waals surface area contributed by atoms with Gasteiger partial charge in [0.05, 0.1) is 0 Å². The van der Waals surface area contributed by atoms with Crippen LogP contribution in [0.4, 0.5) is 4.39 Å². The summed E-state index contributed by atoms with van der Waals surface area (Å²) in [5, 5.41) is 9.43. The zero-order valence-corrected chi connectivity index (χ0v) is 13.0. The first-order valence-electron chi connectivity index (χ1n) is 5.97. The second kappa shape index (κ2) is 6.57. The van der Waals surface area contributed by atoms with E-state index in [1.54, 1.807) is 0 Å². The van der Waals surface area contributed by atoms with E-state index in [1.807, 2.05) is 4.98 Å². The van der Waals surface area contributed by atoms with Gasteiger partial charge < -0.3 is 14.6 Å². The van der Waals surface area contributed by atoms with E-state index in [-0.39, 0.29) is 0 Å². The molecule has 0 saturated carbocycles. The minimum atomic E-state index is -2.52. The maximum absolute atomic E-state index is 14.6. The molecular formula is C10H13FN2O7PS+. The number of nitrogens with one attached hydrogen (secondary N) is 1. The highest BCUT2D eigenvalue weighted by Gasteiger charge is 2.61. The molecule has 2 rings (SSSR count). The summed E-state index contributed by atoms with van der Waals surface area (Å²) < 4.78 is 41.6. The number of H-pyrrole nitrogens is 1. The summed E-state index contributed by atoms with van der Waals surface area (Å²) in [6, 6.07) is 0.998. The molecule has 22 heavy (non-hydrogen) atoms. The number of aliphatic hydroxyl groups is 1. The molecule has 1 aliphatic rings. The molecule has 1 aromatic rings. The average Bonchev–Trinajstić information content (AvgIpc) is 2.73. The molecule has 0 aliphatic carbocycles. The molecule has 1 saturated heterocycles. The third-order valence-electron chi connectivity index (χ3n) is 3.21. The number of rotatable bonds is 5. The molecule has 0 spiro atoms. The lowest BCUT2D eigenvalue weighted by Crippen LogP contribution is -2.47. The van der Waals surface area contributed by atoms with Crippen molar-refractivity contribution in [1.82, 2.24) is 9.55 Å². The van der Waals surface area contributed by atoms with Gasteiger partial charge in [0.25, 0.3) is 5.56 Å². The summed E-state index contributed by atoms with van der Waals surface area (Å²) in [7, 11) is -1.39. The maximum atomic E-state index is 14.6. The maximum Gasteiger partial charge on any atom is 0.582 e. The van der Waals surface area contributed by atoms with Crippen LogP contribution in [0.3, 0.4) is 0 Å². The zero-order valence-electron chi connectivity index (χ0n) is 11.2. The summed E-state index contributed by atoms with van der Waals surface area (Å²) in [4.78, 5) is 24.7. The van der Waals surface area contributed by atoms with E-state index >= 15 is 0 Å². The van der Waals surface area contributed by atoms with Gasteiger partial charge in [0.1, 0.15) is 18.9 Å². The number of aromatic amines is 1. The molecular weight excluding hydrogens is 342 g/mol. The lowest BCUT2D eigenvalue weighted by atomic mass is 10.1. The summed E-state index contributed by atoms with van der Waals surface area (Å²) in [6.45, 7) is -0.819. The van der Waals surface area contributed by atoms with Gasteiger partial charge in [0.2, 0.25) is 11.9 Å². The van der Waals surface area contributed by atoms with Gasteiger partial charge in [-0.1, -0.05) is 0 Å². The summed E-state index contributed by atoms with van der Waals surface area (Å²) in [5.41, 5.74) is -1.58. The van der Waals surface area contributed by atoms with Crippen molar-refractivity contribution in [2.24, 2.45) is 0 Å². The molecule has 9 nitrogen and oxygen atoms in total. The first-order valence-corrected chi connectivity index (χ1v) is 8.30. The van der Waals surface area contributed by atoms with Crippen LogP contribution in [0.5, 0.6) is 0 Å². The van der Waals surface area contributed by atoms with Gasteiger partial charge in [-0.15, -0.1) is 4.52 Å². The molecule has 0 radical (unpaired) electrons. The van der Waals surface area contributed by atoms with Crippen LogP contribution in [0.2, 0.25) is 0 Å². The topological polar surface area (TPSA) is 120 Å². The lowest BCUT2D eigenvalue weighted by Gasteiger charge is -2.27. The first-order chi connectivity index (χ1) is 10.3. The fourth-order valence-electron chi connectivity index (χ4n) is 2.16. The summed E-state index contributed by atoms with van der Waals surface area (Å²) in [5.74, 6) is -1.96. The number of methoxy groups -OCH3 is 1.